The molecule has 1 aliphatic rings. The predicted molar refractivity (Wildman–Crippen MR) is 90.2 cm³/mol. The number of aromatic nitrogens is 8. The van der Waals surface area contributed by atoms with E-state index in [4.69, 9.17) is 0 Å². The summed E-state index contributed by atoms with van der Waals surface area (Å²) in [6, 6.07) is 10.1. The van der Waals surface area contributed by atoms with E-state index in [0.29, 0.717) is 0 Å². The van der Waals surface area contributed by atoms with Crippen LogP contribution in [0.5, 0.6) is 0 Å². The van der Waals surface area contributed by atoms with Crippen LogP contribution >= 0.6 is 0 Å². The molecule has 1 saturated heterocycles. The van der Waals surface area contributed by atoms with Crippen LogP contribution in [-0.4, -0.2) is 71.5 Å². The van der Waals surface area contributed by atoms with E-state index in [0.717, 1.165) is 43.6 Å². The van der Waals surface area contributed by atoms with Gasteiger partial charge in [-0.1, -0.05) is 23.3 Å². The molecule has 4 rings (SSSR count). The molecule has 0 saturated carbocycles. The number of hydrogen-bond acceptors (Lipinski definition) is 8. The Morgan fingerprint density at radius 1 is 0.920 bits per heavy atom. The number of piperazine rings is 1. The molecule has 3 aromatic rings. The van der Waals surface area contributed by atoms with Gasteiger partial charge in [-0.25, -0.2) is 4.68 Å². The first-order chi connectivity index (χ1) is 12.2. The van der Waals surface area contributed by atoms with Crippen molar-refractivity contribution in [1.29, 1.82) is 0 Å². The normalized spacial score (nSPS) is 17.0. The van der Waals surface area contributed by atoms with Gasteiger partial charge in [0, 0.05) is 33.2 Å². The van der Waals surface area contributed by atoms with Gasteiger partial charge in [-0.3, -0.25) is 4.90 Å². The predicted octanol–water partition coefficient (Wildman–Crippen LogP) is 0.0690. The maximum atomic E-state index is 4.22. The van der Waals surface area contributed by atoms with Crippen LogP contribution in [0, 0.1) is 0 Å². The quantitative estimate of drug-likeness (QED) is 0.659. The lowest BCUT2D eigenvalue weighted by atomic mass is 10.2. The minimum atomic E-state index is 0.173. The Hall–Kier alpha value is -2.88. The Balaban J connectivity index is 1.47. The molecule has 10 heteroatoms. The molecule has 130 valence electrons. The van der Waals surface area contributed by atoms with Crippen molar-refractivity contribution < 1.29 is 0 Å². The number of hydrogen-bond donors (Lipinski definition) is 0. The Bertz CT molecular complexity index is 818. The maximum absolute atomic E-state index is 4.22. The summed E-state index contributed by atoms with van der Waals surface area (Å²) in [6.45, 7) is 5.63. The van der Waals surface area contributed by atoms with Crippen LogP contribution < -0.4 is 4.90 Å². The second-order valence-electron chi connectivity index (χ2n) is 6.09. The third-order valence-electron chi connectivity index (χ3n) is 4.63. The van der Waals surface area contributed by atoms with E-state index in [2.05, 4.69) is 47.8 Å². The highest BCUT2D eigenvalue weighted by Crippen LogP contribution is 2.22. The number of rotatable bonds is 4. The molecule has 1 atom stereocenters. The SMILES string of the molecule is CC(c1nnnn1C)N1CCN(c2nnnn2-c2ccccc2)CC1. The number of para-hydroxylation sites is 1. The average Bonchev–Trinajstić information content (AvgIpc) is 3.31. The summed E-state index contributed by atoms with van der Waals surface area (Å²) in [7, 11) is 1.87. The van der Waals surface area contributed by atoms with Crippen molar-refractivity contribution in [3.63, 3.8) is 0 Å². The van der Waals surface area contributed by atoms with E-state index in [9.17, 15) is 0 Å². The monoisotopic (exact) mass is 340 g/mol. The topological polar surface area (TPSA) is 93.7 Å². The van der Waals surface area contributed by atoms with Crippen molar-refractivity contribution in [2.75, 3.05) is 31.1 Å². The summed E-state index contributed by atoms with van der Waals surface area (Å²) in [4.78, 5) is 4.59. The van der Waals surface area contributed by atoms with Crippen LogP contribution in [0.2, 0.25) is 0 Å². The zero-order chi connectivity index (χ0) is 17.2. The van der Waals surface area contributed by atoms with Gasteiger partial charge in [0.15, 0.2) is 5.82 Å². The Morgan fingerprint density at radius 3 is 2.32 bits per heavy atom. The summed E-state index contributed by atoms with van der Waals surface area (Å²) in [5.41, 5.74) is 0.962. The van der Waals surface area contributed by atoms with Crippen LogP contribution in [0.25, 0.3) is 5.69 Å². The van der Waals surface area contributed by atoms with Crippen molar-refractivity contribution in [3.8, 4) is 5.69 Å². The van der Waals surface area contributed by atoms with Crippen molar-refractivity contribution in [2.24, 2.45) is 7.05 Å². The van der Waals surface area contributed by atoms with Gasteiger partial charge in [-0.05, 0) is 39.9 Å². The lowest BCUT2D eigenvalue weighted by Crippen LogP contribution is -2.48. The van der Waals surface area contributed by atoms with Gasteiger partial charge in [0.1, 0.15) is 0 Å². The first-order valence-corrected chi connectivity index (χ1v) is 8.29. The molecule has 0 bridgehead atoms. The molecule has 1 aliphatic heterocycles. The van der Waals surface area contributed by atoms with Crippen LogP contribution in [0.15, 0.2) is 30.3 Å². The summed E-state index contributed by atoms with van der Waals surface area (Å²) >= 11 is 0. The summed E-state index contributed by atoms with van der Waals surface area (Å²) in [6.07, 6.45) is 0. The molecule has 10 nitrogen and oxygen atoms in total. The maximum Gasteiger partial charge on any atom is 0.250 e. The molecule has 25 heavy (non-hydrogen) atoms. The molecule has 0 radical (unpaired) electrons. The van der Waals surface area contributed by atoms with Crippen LogP contribution in [0.4, 0.5) is 5.95 Å². The minimum absolute atomic E-state index is 0.173. The smallest absolute Gasteiger partial charge is 0.250 e. The van der Waals surface area contributed by atoms with Crippen molar-refractivity contribution in [3.05, 3.63) is 36.2 Å². The zero-order valence-electron chi connectivity index (χ0n) is 14.3. The summed E-state index contributed by atoms with van der Waals surface area (Å²) in [5, 5.41) is 24.0. The summed E-state index contributed by atoms with van der Waals surface area (Å²) < 4.78 is 3.51. The highest BCUT2D eigenvalue weighted by Gasteiger charge is 2.27. The summed E-state index contributed by atoms with van der Waals surface area (Å²) in [5.74, 6) is 1.65. The van der Waals surface area contributed by atoms with Crippen LogP contribution in [0.1, 0.15) is 18.8 Å². The van der Waals surface area contributed by atoms with Gasteiger partial charge in [0.05, 0.1) is 11.7 Å². The zero-order valence-corrected chi connectivity index (χ0v) is 14.3. The molecule has 3 heterocycles. The fourth-order valence-electron chi connectivity index (χ4n) is 3.18. The van der Waals surface area contributed by atoms with E-state index in [1.54, 1.807) is 9.36 Å². The first-order valence-electron chi connectivity index (χ1n) is 8.29. The van der Waals surface area contributed by atoms with Crippen molar-refractivity contribution in [1.82, 2.24) is 45.3 Å². The molecule has 1 aromatic carbocycles. The third-order valence-corrected chi connectivity index (χ3v) is 4.63. The molecule has 1 unspecified atom stereocenters. The molecule has 1 fully saturated rings. The molecule has 0 spiro atoms. The lowest BCUT2D eigenvalue weighted by Gasteiger charge is -2.37. The van der Waals surface area contributed by atoms with E-state index in [1.807, 2.05) is 37.4 Å². The molecular formula is C15H20N10. The van der Waals surface area contributed by atoms with Gasteiger partial charge in [0.25, 0.3) is 0 Å². The fourth-order valence-corrected chi connectivity index (χ4v) is 3.18. The Kier molecular flexibility index (Phi) is 4.10. The van der Waals surface area contributed by atoms with Gasteiger partial charge >= 0.3 is 0 Å². The van der Waals surface area contributed by atoms with Crippen LogP contribution in [0.3, 0.4) is 0 Å². The second kappa shape index (κ2) is 6.55. The van der Waals surface area contributed by atoms with Gasteiger partial charge in [-0.2, -0.15) is 4.68 Å². The number of nitrogens with zero attached hydrogens (tertiary/aromatic N) is 10. The largest absolute Gasteiger partial charge is 0.337 e. The molecule has 0 N–H and O–H groups in total. The van der Waals surface area contributed by atoms with Gasteiger partial charge in [0.2, 0.25) is 5.95 Å². The molecular weight excluding hydrogens is 320 g/mol. The van der Waals surface area contributed by atoms with Crippen molar-refractivity contribution in [2.45, 2.75) is 13.0 Å². The van der Waals surface area contributed by atoms with Gasteiger partial charge in [-0.15, -0.1) is 5.10 Å². The Morgan fingerprint density at radius 2 is 1.64 bits per heavy atom. The van der Waals surface area contributed by atoms with E-state index in [1.165, 1.54) is 0 Å². The number of anilines is 1. The fraction of sp³-hybridized carbons (Fsp3) is 0.467. The van der Waals surface area contributed by atoms with Gasteiger partial charge < -0.3 is 4.90 Å². The minimum Gasteiger partial charge on any atom is -0.337 e. The standard InChI is InChI=1S/C15H20N10/c1-12(14-16-18-20-22(14)2)23-8-10-24(11-9-23)15-17-19-21-25(15)13-6-4-3-5-7-13/h3-7,12H,8-11H2,1-2H3. The second-order valence-corrected chi connectivity index (χ2v) is 6.09. The lowest BCUT2D eigenvalue weighted by molar-refractivity contribution is 0.187. The number of benzene rings is 1. The van der Waals surface area contributed by atoms with E-state index >= 15 is 0 Å². The van der Waals surface area contributed by atoms with E-state index in [-0.39, 0.29) is 6.04 Å². The number of tetrazole rings is 2. The highest BCUT2D eigenvalue weighted by molar-refractivity contribution is 5.40. The van der Waals surface area contributed by atoms with E-state index < -0.39 is 0 Å². The highest BCUT2D eigenvalue weighted by atomic mass is 15.6. The molecule has 2 aromatic heterocycles. The molecule has 0 amide bonds. The Labute approximate surface area is 145 Å². The van der Waals surface area contributed by atoms with Crippen LogP contribution in [-0.2, 0) is 7.05 Å². The third kappa shape index (κ3) is 2.95. The average molecular weight is 340 g/mol. The first kappa shape index (κ1) is 15.6. The molecule has 0 aliphatic carbocycles. The number of aryl methyl sites for hydroxylation is 1. The van der Waals surface area contributed by atoms with Crippen molar-refractivity contribution >= 4 is 5.95 Å².